The Morgan fingerprint density at radius 3 is 2.24 bits per heavy atom. The summed E-state index contributed by atoms with van der Waals surface area (Å²) in [5, 5.41) is 8.59. The molecule has 2 N–H and O–H groups in total. The third-order valence-corrected chi connectivity index (χ3v) is 7.60. The van der Waals surface area contributed by atoms with Gasteiger partial charge >= 0.3 is 6.18 Å². The van der Waals surface area contributed by atoms with Crippen molar-refractivity contribution in [1.29, 1.82) is 0 Å². The second-order valence-corrected chi connectivity index (χ2v) is 10.4. The molecule has 0 atom stereocenters. The van der Waals surface area contributed by atoms with Gasteiger partial charge in [0.25, 0.3) is 0 Å². The van der Waals surface area contributed by atoms with E-state index in [1.54, 1.807) is 12.1 Å². The number of aromatic nitrogens is 2. The molecule has 2 fully saturated rings. The third-order valence-electron chi connectivity index (χ3n) is 6.66. The van der Waals surface area contributed by atoms with Crippen molar-refractivity contribution < 1.29 is 13.2 Å². The number of nitrogens with one attached hydrogen (secondary N) is 2. The molecule has 0 bridgehead atoms. The molecular weight excluding hydrogens is 469 g/mol. The second kappa shape index (κ2) is 8.89. The first-order valence-electron chi connectivity index (χ1n) is 11.0. The molecule has 0 aliphatic heterocycles. The number of nitrogens with zero attached hydrogens (tertiary/aromatic N) is 2. The van der Waals surface area contributed by atoms with Crippen LogP contribution in [0.5, 0.6) is 0 Å². The van der Waals surface area contributed by atoms with Crippen molar-refractivity contribution in [2.45, 2.75) is 56.9 Å². The van der Waals surface area contributed by atoms with E-state index in [1.807, 2.05) is 24.3 Å². The van der Waals surface area contributed by atoms with Crippen molar-refractivity contribution in [2.75, 3.05) is 5.32 Å². The molecule has 3 aromatic rings. The normalized spacial score (nSPS) is 24.4. The Labute approximate surface area is 199 Å². The van der Waals surface area contributed by atoms with E-state index in [-0.39, 0.29) is 0 Å². The molecule has 4 nitrogen and oxygen atoms in total. The van der Waals surface area contributed by atoms with E-state index in [4.69, 9.17) is 11.6 Å². The standard InChI is InChI=1S/C24H24ClF3N4S/c25-18-7-3-15(4-8-18)9-21-31-22(33-32-21)30-20-12-23(13-20)10-19(11-23)29-14-16-1-5-17(6-2-16)24(26,27)28/h1-8,19-20,29H,9-14H2,(H,30,31,32). The Morgan fingerprint density at radius 1 is 0.939 bits per heavy atom. The first-order valence-corrected chi connectivity index (χ1v) is 12.1. The Bertz CT molecular complexity index is 1080. The molecule has 33 heavy (non-hydrogen) atoms. The van der Waals surface area contributed by atoms with E-state index < -0.39 is 11.7 Å². The van der Waals surface area contributed by atoms with E-state index in [0.717, 1.165) is 64.9 Å². The van der Waals surface area contributed by atoms with Crippen LogP contribution >= 0.6 is 23.1 Å². The van der Waals surface area contributed by atoms with Crippen LogP contribution in [-0.4, -0.2) is 21.4 Å². The van der Waals surface area contributed by atoms with Gasteiger partial charge in [-0.3, -0.25) is 0 Å². The van der Waals surface area contributed by atoms with Gasteiger partial charge < -0.3 is 10.6 Å². The summed E-state index contributed by atoms with van der Waals surface area (Å²) in [6, 6.07) is 14.0. The highest BCUT2D eigenvalue weighted by atomic mass is 35.5. The van der Waals surface area contributed by atoms with Crippen molar-refractivity contribution in [2.24, 2.45) is 5.41 Å². The summed E-state index contributed by atoms with van der Waals surface area (Å²) < 4.78 is 42.5. The summed E-state index contributed by atoms with van der Waals surface area (Å²) in [7, 11) is 0. The van der Waals surface area contributed by atoms with Gasteiger partial charge in [0, 0.05) is 41.6 Å². The minimum absolute atomic E-state index is 0.395. The van der Waals surface area contributed by atoms with Crippen molar-refractivity contribution in [1.82, 2.24) is 14.7 Å². The van der Waals surface area contributed by atoms with Gasteiger partial charge in [-0.05, 0) is 66.5 Å². The lowest BCUT2D eigenvalue weighted by Gasteiger charge is -2.58. The average molecular weight is 493 g/mol. The fourth-order valence-electron chi connectivity index (χ4n) is 4.97. The number of benzene rings is 2. The van der Waals surface area contributed by atoms with Crippen molar-refractivity contribution in [3.63, 3.8) is 0 Å². The number of halogens is 4. The van der Waals surface area contributed by atoms with E-state index >= 15 is 0 Å². The van der Waals surface area contributed by atoms with Gasteiger partial charge in [-0.2, -0.15) is 17.5 Å². The van der Waals surface area contributed by atoms with Gasteiger partial charge in [0.15, 0.2) is 0 Å². The zero-order valence-corrected chi connectivity index (χ0v) is 19.4. The molecule has 2 saturated carbocycles. The summed E-state index contributed by atoms with van der Waals surface area (Å²) in [6.45, 7) is 0.599. The minimum atomic E-state index is -4.28. The topological polar surface area (TPSA) is 49.8 Å². The second-order valence-electron chi connectivity index (χ2n) is 9.25. The van der Waals surface area contributed by atoms with Crippen LogP contribution in [0.4, 0.5) is 18.3 Å². The van der Waals surface area contributed by atoms with Gasteiger partial charge in [-0.15, -0.1) is 0 Å². The SMILES string of the molecule is FC(F)(F)c1ccc(CNC2CC3(C2)CC(Nc2nc(Cc4ccc(Cl)cc4)ns2)C3)cc1. The quantitative estimate of drug-likeness (QED) is 0.405. The lowest BCUT2D eigenvalue weighted by molar-refractivity contribution is -0.137. The molecule has 2 aliphatic rings. The van der Waals surface area contributed by atoms with Crippen LogP contribution in [0.25, 0.3) is 0 Å². The molecule has 0 amide bonds. The highest BCUT2D eigenvalue weighted by Gasteiger charge is 2.52. The molecule has 174 valence electrons. The minimum Gasteiger partial charge on any atom is -0.358 e. The lowest BCUT2D eigenvalue weighted by atomic mass is 9.52. The summed E-state index contributed by atoms with van der Waals surface area (Å²) in [5.41, 5.74) is 1.81. The van der Waals surface area contributed by atoms with Crippen LogP contribution in [0.1, 0.15) is 48.2 Å². The third kappa shape index (κ3) is 5.34. The smallest absolute Gasteiger partial charge is 0.358 e. The maximum absolute atomic E-state index is 12.7. The molecule has 9 heteroatoms. The molecule has 1 spiro atoms. The molecule has 5 rings (SSSR count). The predicted octanol–water partition coefficient (Wildman–Crippen LogP) is 6.31. The van der Waals surface area contributed by atoms with Crippen LogP contribution in [-0.2, 0) is 19.1 Å². The molecule has 0 radical (unpaired) electrons. The van der Waals surface area contributed by atoms with Gasteiger partial charge in [0.1, 0.15) is 5.82 Å². The van der Waals surface area contributed by atoms with E-state index in [1.165, 1.54) is 11.5 Å². The first-order chi connectivity index (χ1) is 15.8. The fourth-order valence-corrected chi connectivity index (χ4v) is 5.76. The monoisotopic (exact) mass is 492 g/mol. The predicted molar refractivity (Wildman–Crippen MR) is 125 cm³/mol. The number of alkyl halides is 3. The maximum atomic E-state index is 12.7. The number of rotatable bonds is 7. The summed E-state index contributed by atoms with van der Waals surface area (Å²) in [6.07, 6.45) is 0.882. The Balaban J connectivity index is 1.03. The Morgan fingerprint density at radius 2 is 1.58 bits per heavy atom. The van der Waals surface area contributed by atoms with E-state index in [9.17, 15) is 13.2 Å². The van der Waals surface area contributed by atoms with E-state index in [2.05, 4.69) is 20.0 Å². The molecule has 1 aromatic heterocycles. The Hall–Kier alpha value is -2.16. The lowest BCUT2D eigenvalue weighted by Crippen LogP contribution is -2.58. The van der Waals surface area contributed by atoms with Crippen LogP contribution < -0.4 is 10.6 Å². The fraction of sp³-hybridized carbons (Fsp3) is 0.417. The highest BCUT2D eigenvalue weighted by molar-refractivity contribution is 7.09. The average Bonchev–Trinajstić information content (AvgIpc) is 3.16. The number of anilines is 1. The van der Waals surface area contributed by atoms with Gasteiger partial charge in [0.05, 0.1) is 5.56 Å². The zero-order chi connectivity index (χ0) is 23.1. The molecule has 0 saturated heterocycles. The van der Waals surface area contributed by atoms with Gasteiger partial charge in [0.2, 0.25) is 5.13 Å². The van der Waals surface area contributed by atoms with E-state index in [0.29, 0.717) is 30.5 Å². The molecule has 0 unspecified atom stereocenters. The summed E-state index contributed by atoms with van der Waals surface area (Å²) >= 11 is 7.34. The van der Waals surface area contributed by atoms with Gasteiger partial charge in [-0.1, -0.05) is 35.9 Å². The van der Waals surface area contributed by atoms with Crippen LogP contribution in [0, 0.1) is 5.41 Å². The first kappa shape index (κ1) is 22.6. The molecule has 1 heterocycles. The van der Waals surface area contributed by atoms with Crippen molar-refractivity contribution in [3.05, 3.63) is 76.1 Å². The van der Waals surface area contributed by atoms with Crippen molar-refractivity contribution in [3.8, 4) is 0 Å². The number of hydrogen-bond donors (Lipinski definition) is 2. The van der Waals surface area contributed by atoms with Crippen LogP contribution in [0.3, 0.4) is 0 Å². The molecule has 2 aliphatic carbocycles. The van der Waals surface area contributed by atoms with Crippen LogP contribution in [0.15, 0.2) is 48.5 Å². The maximum Gasteiger partial charge on any atom is 0.416 e. The molecular formula is C24H24ClF3N4S. The largest absolute Gasteiger partial charge is 0.416 e. The zero-order valence-electron chi connectivity index (χ0n) is 17.8. The number of hydrogen-bond acceptors (Lipinski definition) is 5. The Kier molecular flexibility index (Phi) is 6.09. The highest BCUT2D eigenvalue weighted by Crippen LogP contribution is 2.56. The summed E-state index contributed by atoms with van der Waals surface area (Å²) in [5.74, 6) is 0.815. The van der Waals surface area contributed by atoms with Crippen molar-refractivity contribution >= 4 is 28.3 Å². The molecule has 2 aromatic carbocycles. The van der Waals surface area contributed by atoms with Gasteiger partial charge in [-0.25, -0.2) is 4.98 Å². The summed E-state index contributed by atoms with van der Waals surface area (Å²) in [4.78, 5) is 4.62. The van der Waals surface area contributed by atoms with Crippen LogP contribution in [0.2, 0.25) is 5.02 Å².